The SMILES string of the molecule is CC(C)C1=NOC2(C(=O)OCc3cccnc3)CCCC12. The van der Waals surface area contributed by atoms with Crippen LogP contribution in [0.15, 0.2) is 29.7 Å². The molecule has 1 aromatic rings. The van der Waals surface area contributed by atoms with Crippen LogP contribution < -0.4 is 0 Å². The van der Waals surface area contributed by atoms with Crippen LogP contribution in [0.4, 0.5) is 0 Å². The Morgan fingerprint density at radius 2 is 2.43 bits per heavy atom. The van der Waals surface area contributed by atoms with Crippen LogP contribution in [0.1, 0.15) is 38.7 Å². The zero-order valence-electron chi connectivity index (χ0n) is 12.4. The van der Waals surface area contributed by atoms with E-state index in [9.17, 15) is 4.79 Å². The van der Waals surface area contributed by atoms with Crippen molar-refractivity contribution in [2.75, 3.05) is 0 Å². The van der Waals surface area contributed by atoms with E-state index in [1.165, 1.54) is 0 Å². The minimum atomic E-state index is -0.887. The third-order valence-electron chi connectivity index (χ3n) is 4.30. The summed E-state index contributed by atoms with van der Waals surface area (Å²) in [6.45, 7) is 4.39. The van der Waals surface area contributed by atoms with E-state index in [2.05, 4.69) is 24.0 Å². The summed E-state index contributed by atoms with van der Waals surface area (Å²) in [5, 5.41) is 4.17. The first-order valence-corrected chi connectivity index (χ1v) is 7.45. The largest absolute Gasteiger partial charge is 0.458 e. The van der Waals surface area contributed by atoms with Crippen molar-refractivity contribution in [3.63, 3.8) is 0 Å². The van der Waals surface area contributed by atoms with Crippen molar-refractivity contribution in [2.45, 2.75) is 45.3 Å². The lowest BCUT2D eigenvalue weighted by molar-refractivity contribution is -0.173. The first-order valence-electron chi connectivity index (χ1n) is 7.45. The van der Waals surface area contributed by atoms with Gasteiger partial charge in [0.15, 0.2) is 0 Å². The van der Waals surface area contributed by atoms with Crippen molar-refractivity contribution >= 4 is 11.7 Å². The van der Waals surface area contributed by atoms with Crippen LogP contribution in [0, 0.1) is 11.8 Å². The van der Waals surface area contributed by atoms with Gasteiger partial charge in [-0.25, -0.2) is 4.79 Å². The fourth-order valence-electron chi connectivity index (χ4n) is 3.21. The van der Waals surface area contributed by atoms with E-state index in [0.717, 1.165) is 24.1 Å². The van der Waals surface area contributed by atoms with Gasteiger partial charge in [-0.3, -0.25) is 4.98 Å². The van der Waals surface area contributed by atoms with Crippen molar-refractivity contribution in [1.29, 1.82) is 0 Å². The number of hydrogen-bond donors (Lipinski definition) is 0. The molecule has 112 valence electrons. The third-order valence-corrected chi connectivity index (χ3v) is 4.30. The highest BCUT2D eigenvalue weighted by Crippen LogP contribution is 2.46. The minimum Gasteiger partial charge on any atom is -0.458 e. The average molecular weight is 288 g/mol. The number of hydrogen-bond acceptors (Lipinski definition) is 5. The maximum absolute atomic E-state index is 12.5. The van der Waals surface area contributed by atoms with E-state index in [4.69, 9.17) is 9.57 Å². The molecule has 0 aromatic carbocycles. The van der Waals surface area contributed by atoms with Crippen molar-refractivity contribution in [3.8, 4) is 0 Å². The molecule has 1 aliphatic heterocycles. The second kappa shape index (κ2) is 5.47. The van der Waals surface area contributed by atoms with Gasteiger partial charge in [0.05, 0.1) is 11.6 Å². The maximum Gasteiger partial charge on any atom is 0.354 e. The molecular formula is C16H20N2O3. The highest BCUT2D eigenvalue weighted by atomic mass is 16.7. The van der Waals surface area contributed by atoms with Crippen LogP contribution >= 0.6 is 0 Å². The Morgan fingerprint density at radius 3 is 3.14 bits per heavy atom. The molecule has 0 bridgehead atoms. The lowest BCUT2D eigenvalue weighted by Gasteiger charge is -2.25. The van der Waals surface area contributed by atoms with E-state index in [1.54, 1.807) is 12.4 Å². The van der Waals surface area contributed by atoms with Crippen LogP contribution in [0.5, 0.6) is 0 Å². The van der Waals surface area contributed by atoms with Crippen molar-refractivity contribution in [1.82, 2.24) is 4.98 Å². The first kappa shape index (κ1) is 14.0. The second-order valence-electron chi connectivity index (χ2n) is 6.03. The van der Waals surface area contributed by atoms with Crippen molar-refractivity contribution < 1.29 is 14.4 Å². The summed E-state index contributed by atoms with van der Waals surface area (Å²) in [7, 11) is 0. The average Bonchev–Trinajstić information content (AvgIpc) is 3.04. The Hall–Kier alpha value is -1.91. The fraction of sp³-hybridized carbons (Fsp3) is 0.562. The number of oxime groups is 1. The van der Waals surface area contributed by atoms with Gasteiger partial charge in [0, 0.05) is 24.4 Å². The molecular weight excluding hydrogens is 268 g/mol. The van der Waals surface area contributed by atoms with Gasteiger partial charge in [-0.05, 0) is 24.8 Å². The molecule has 5 heteroatoms. The fourth-order valence-corrected chi connectivity index (χ4v) is 3.21. The Labute approximate surface area is 124 Å². The summed E-state index contributed by atoms with van der Waals surface area (Å²) in [5.41, 5.74) is 0.979. The van der Waals surface area contributed by atoms with Gasteiger partial charge in [0.25, 0.3) is 0 Å². The first-order chi connectivity index (χ1) is 10.1. The smallest absolute Gasteiger partial charge is 0.354 e. The number of esters is 1. The van der Waals surface area contributed by atoms with Gasteiger partial charge in [-0.1, -0.05) is 25.1 Å². The molecule has 2 unspecified atom stereocenters. The monoisotopic (exact) mass is 288 g/mol. The highest BCUT2D eigenvalue weighted by molar-refractivity contribution is 5.97. The van der Waals surface area contributed by atoms with Gasteiger partial charge in [0.1, 0.15) is 6.61 Å². The minimum absolute atomic E-state index is 0.0684. The van der Waals surface area contributed by atoms with Gasteiger partial charge in [-0.2, -0.15) is 0 Å². The van der Waals surface area contributed by atoms with E-state index < -0.39 is 5.60 Å². The number of ether oxygens (including phenoxy) is 1. The number of carbonyl (C=O) groups is 1. The van der Waals surface area contributed by atoms with Gasteiger partial charge >= 0.3 is 5.97 Å². The zero-order valence-corrected chi connectivity index (χ0v) is 12.4. The summed E-state index contributed by atoms with van der Waals surface area (Å²) in [6.07, 6.45) is 5.99. The van der Waals surface area contributed by atoms with Crippen LogP contribution in [-0.4, -0.2) is 22.3 Å². The number of pyridine rings is 1. The molecule has 1 aliphatic carbocycles. The van der Waals surface area contributed by atoms with Gasteiger partial charge < -0.3 is 9.57 Å². The summed E-state index contributed by atoms with van der Waals surface area (Å²) < 4.78 is 5.47. The van der Waals surface area contributed by atoms with Gasteiger partial charge in [-0.15, -0.1) is 0 Å². The molecule has 1 saturated carbocycles. The normalized spacial score (nSPS) is 27.2. The summed E-state index contributed by atoms with van der Waals surface area (Å²) in [6, 6.07) is 3.71. The van der Waals surface area contributed by atoms with E-state index in [0.29, 0.717) is 12.3 Å². The molecule has 2 atom stereocenters. The maximum atomic E-state index is 12.5. The van der Waals surface area contributed by atoms with Crippen LogP contribution in [0.25, 0.3) is 0 Å². The second-order valence-corrected chi connectivity index (χ2v) is 6.03. The molecule has 21 heavy (non-hydrogen) atoms. The van der Waals surface area contributed by atoms with Gasteiger partial charge in [0.2, 0.25) is 5.60 Å². The quantitative estimate of drug-likeness (QED) is 0.799. The number of nitrogens with zero attached hydrogens (tertiary/aromatic N) is 2. The van der Waals surface area contributed by atoms with E-state index >= 15 is 0 Å². The molecule has 5 nitrogen and oxygen atoms in total. The molecule has 3 rings (SSSR count). The number of aromatic nitrogens is 1. The molecule has 0 saturated heterocycles. The molecule has 2 heterocycles. The predicted octanol–water partition coefficient (Wildman–Crippen LogP) is 2.71. The molecule has 2 aliphatic rings. The van der Waals surface area contributed by atoms with Crippen LogP contribution in [0.3, 0.4) is 0 Å². The zero-order chi connectivity index (χ0) is 14.9. The molecule has 0 N–H and O–H groups in total. The summed E-state index contributed by atoms with van der Waals surface area (Å²) in [5.74, 6) is 0.0632. The lowest BCUT2D eigenvalue weighted by atomic mass is 9.83. The number of rotatable bonds is 4. The summed E-state index contributed by atoms with van der Waals surface area (Å²) >= 11 is 0. The highest BCUT2D eigenvalue weighted by Gasteiger charge is 2.59. The Kier molecular flexibility index (Phi) is 3.66. The number of carbonyl (C=O) groups excluding carboxylic acids is 1. The molecule has 0 spiro atoms. The molecule has 0 amide bonds. The molecule has 0 radical (unpaired) electrons. The van der Waals surface area contributed by atoms with Crippen molar-refractivity contribution in [2.24, 2.45) is 17.0 Å². The Bertz CT molecular complexity index is 556. The molecule has 1 aromatic heterocycles. The standard InChI is InChI=1S/C16H20N2O3/c1-11(2)14-13-6-3-7-16(13,21-18-14)15(19)20-10-12-5-4-8-17-9-12/h4-5,8-9,11,13H,3,6-7,10H2,1-2H3. The Morgan fingerprint density at radius 1 is 1.57 bits per heavy atom. The third kappa shape index (κ3) is 2.41. The van der Waals surface area contributed by atoms with Crippen molar-refractivity contribution in [3.05, 3.63) is 30.1 Å². The van der Waals surface area contributed by atoms with Crippen LogP contribution in [-0.2, 0) is 21.0 Å². The molecule has 1 fully saturated rings. The Balaban J connectivity index is 1.70. The van der Waals surface area contributed by atoms with Crippen LogP contribution in [0.2, 0.25) is 0 Å². The lowest BCUT2D eigenvalue weighted by Crippen LogP contribution is -2.44. The predicted molar refractivity (Wildman–Crippen MR) is 77.5 cm³/mol. The topological polar surface area (TPSA) is 60.8 Å². The van der Waals surface area contributed by atoms with E-state index in [1.807, 2.05) is 12.1 Å². The number of fused-ring (bicyclic) bond motifs is 1. The van der Waals surface area contributed by atoms with E-state index in [-0.39, 0.29) is 18.5 Å². The summed E-state index contributed by atoms with van der Waals surface area (Å²) in [4.78, 5) is 22.2.